The number of carbonyl (C=O) groups is 1. The first-order valence-electron chi connectivity index (χ1n) is 3.28. The SMILES string of the molecule is B1CCOO1.C=C(C)C(=O)O. The zero-order valence-corrected chi connectivity index (χ0v) is 6.50. The molecule has 1 aliphatic heterocycles. The van der Waals surface area contributed by atoms with Crippen LogP contribution in [-0.4, -0.2) is 25.2 Å². The summed E-state index contributed by atoms with van der Waals surface area (Å²) in [6.45, 7) is 5.38. The van der Waals surface area contributed by atoms with Gasteiger partial charge < -0.3 is 9.91 Å². The van der Waals surface area contributed by atoms with E-state index < -0.39 is 5.97 Å². The third kappa shape index (κ3) is 7.09. The van der Waals surface area contributed by atoms with Crippen molar-refractivity contribution in [3.05, 3.63) is 12.2 Å². The average Bonchev–Trinajstić information content (AvgIpc) is 2.41. The third-order valence-corrected chi connectivity index (χ3v) is 0.904. The van der Waals surface area contributed by atoms with Crippen molar-refractivity contribution < 1.29 is 19.6 Å². The predicted octanol–water partition coefficient (Wildman–Crippen LogP) is 0.365. The summed E-state index contributed by atoms with van der Waals surface area (Å²) in [5.41, 5.74) is 0.176. The molecule has 0 atom stereocenters. The highest BCUT2D eigenvalue weighted by molar-refractivity contribution is 6.27. The molecule has 0 aliphatic carbocycles. The van der Waals surface area contributed by atoms with E-state index in [1.165, 1.54) is 6.92 Å². The lowest BCUT2D eigenvalue weighted by molar-refractivity contribution is -0.181. The minimum Gasteiger partial charge on any atom is -0.478 e. The molecule has 1 N–H and O–H groups in total. The molecule has 1 saturated heterocycles. The van der Waals surface area contributed by atoms with Crippen molar-refractivity contribution in [2.75, 3.05) is 6.61 Å². The highest BCUT2D eigenvalue weighted by Crippen LogP contribution is 1.91. The molecule has 0 aromatic heterocycles. The Hall–Kier alpha value is -0.805. The fourth-order valence-corrected chi connectivity index (χ4v) is 0.295. The zero-order chi connectivity index (χ0) is 8.69. The smallest absolute Gasteiger partial charge is 0.330 e. The molecular formula is C6H11BO4. The number of aliphatic carboxylic acids is 1. The normalized spacial score (nSPS) is 14.3. The topological polar surface area (TPSA) is 55.8 Å². The van der Waals surface area contributed by atoms with Crippen LogP contribution >= 0.6 is 0 Å². The van der Waals surface area contributed by atoms with Gasteiger partial charge in [-0.2, -0.15) is 0 Å². The van der Waals surface area contributed by atoms with E-state index in [4.69, 9.17) is 5.11 Å². The molecule has 0 spiro atoms. The molecule has 4 nitrogen and oxygen atoms in total. The monoisotopic (exact) mass is 158 g/mol. The van der Waals surface area contributed by atoms with Crippen LogP contribution in [-0.2, 0) is 14.5 Å². The fraction of sp³-hybridized carbons (Fsp3) is 0.500. The second-order valence-corrected chi connectivity index (χ2v) is 2.08. The van der Waals surface area contributed by atoms with Crippen LogP contribution < -0.4 is 0 Å². The lowest BCUT2D eigenvalue weighted by atomic mass is 9.99. The lowest BCUT2D eigenvalue weighted by Crippen LogP contribution is -1.92. The Labute approximate surface area is 66.0 Å². The van der Waals surface area contributed by atoms with Gasteiger partial charge in [0.1, 0.15) is 0 Å². The first-order chi connectivity index (χ1) is 5.14. The molecule has 0 bridgehead atoms. The maximum Gasteiger partial charge on any atom is 0.330 e. The van der Waals surface area contributed by atoms with Gasteiger partial charge in [-0.05, 0) is 13.2 Å². The summed E-state index contributed by atoms with van der Waals surface area (Å²) in [7, 11) is 0.778. The van der Waals surface area contributed by atoms with Gasteiger partial charge in [0, 0.05) is 5.57 Å². The minimum absolute atomic E-state index is 0.176. The van der Waals surface area contributed by atoms with E-state index in [-0.39, 0.29) is 5.57 Å². The van der Waals surface area contributed by atoms with Gasteiger partial charge in [0.2, 0.25) is 0 Å². The number of hydrogen-bond acceptors (Lipinski definition) is 3. The van der Waals surface area contributed by atoms with Crippen LogP contribution in [0.25, 0.3) is 0 Å². The van der Waals surface area contributed by atoms with Gasteiger partial charge in [-0.25, -0.2) is 4.79 Å². The average molecular weight is 158 g/mol. The van der Waals surface area contributed by atoms with E-state index in [2.05, 4.69) is 16.3 Å². The van der Waals surface area contributed by atoms with Crippen LogP contribution in [0.5, 0.6) is 0 Å². The van der Waals surface area contributed by atoms with Crippen molar-refractivity contribution in [1.29, 1.82) is 0 Å². The second-order valence-electron chi connectivity index (χ2n) is 2.08. The summed E-state index contributed by atoms with van der Waals surface area (Å²) in [6, 6.07) is 0. The lowest BCUT2D eigenvalue weighted by Gasteiger charge is -1.79. The first kappa shape index (κ1) is 10.2. The second kappa shape index (κ2) is 5.94. The van der Waals surface area contributed by atoms with Crippen LogP contribution in [0.3, 0.4) is 0 Å². The van der Waals surface area contributed by atoms with Crippen molar-refractivity contribution in [3.8, 4) is 0 Å². The molecule has 0 unspecified atom stereocenters. The molecule has 11 heavy (non-hydrogen) atoms. The molecule has 0 amide bonds. The number of carboxylic acids is 1. The van der Waals surface area contributed by atoms with Gasteiger partial charge in [0.15, 0.2) is 0 Å². The van der Waals surface area contributed by atoms with E-state index in [1.54, 1.807) is 0 Å². The summed E-state index contributed by atoms with van der Waals surface area (Å²) in [5.74, 6) is -0.935. The standard InChI is InChI=1S/C4H6O2.C2H5BO2/c1-3(2)4(5)6;1-2-4-5-3-1/h1H2,2H3,(H,5,6);3H,1-2H2. The van der Waals surface area contributed by atoms with Crippen molar-refractivity contribution >= 4 is 13.5 Å². The van der Waals surface area contributed by atoms with Crippen molar-refractivity contribution in [3.63, 3.8) is 0 Å². The molecule has 0 radical (unpaired) electrons. The third-order valence-electron chi connectivity index (χ3n) is 0.904. The van der Waals surface area contributed by atoms with Crippen molar-refractivity contribution in [1.82, 2.24) is 0 Å². The van der Waals surface area contributed by atoms with Gasteiger partial charge in [-0.15, -0.1) is 0 Å². The summed E-state index contributed by atoms with van der Waals surface area (Å²) in [6.07, 6.45) is 1.06. The van der Waals surface area contributed by atoms with Gasteiger partial charge in [-0.1, -0.05) is 6.58 Å². The Morgan fingerprint density at radius 2 is 2.27 bits per heavy atom. The summed E-state index contributed by atoms with van der Waals surface area (Å²) in [4.78, 5) is 18.5. The Balaban J connectivity index is 0.000000183. The summed E-state index contributed by atoms with van der Waals surface area (Å²) < 4.78 is 0. The van der Waals surface area contributed by atoms with E-state index in [0.717, 1.165) is 20.4 Å². The fourth-order valence-electron chi connectivity index (χ4n) is 0.295. The van der Waals surface area contributed by atoms with E-state index in [9.17, 15) is 4.79 Å². The highest BCUT2D eigenvalue weighted by Gasteiger charge is 1.99. The van der Waals surface area contributed by atoms with Crippen molar-refractivity contribution in [2.45, 2.75) is 13.2 Å². The molecule has 5 heteroatoms. The number of rotatable bonds is 1. The summed E-state index contributed by atoms with van der Waals surface area (Å²) in [5, 5.41) is 7.89. The number of hydrogen-bond donors (Lipinski definition) is 1. The Bertz CT molecular complexity index is 122. The molecule has 1 heterocycles. The Kier molecular flexibility index (Phi) is 5.51. The van der Waals surface area contributed by atoms with Crippen LogP contribution in [0.2, 0.25) is 6.32 Å². The number of carboxylic acid groups (broad SMARTS) is 1. The zero-order valence-electron chi connectivity index (χ0n) is 6.50. The van der Waals surface area contributed by atoms with Gasteiger partial charge in [-0.3, -0.25) is 4.89 Å². The first-order valence-corrected chi connectivity index (χ1v) is 3.28. The van der Waals surface area contributed by atoms with E-state index >= 15 is 0 Å². The molecular weight excluding hydrogens is 147 g/mol. The Morgan fingerprint density at radius 1 is 1.73 bits per heavy atom. The molecule has 0 aromatic rings. The van der Waals surface area contributed by atoms with Crippen LogP contribution in [0.4, 0.5) is 0 Å². The van der Waals surface area contributed by atoms with Crippen LogP contribution in [0.15, 0.2) is 12.2 Å². The highest BCUT2D eigenvalue weighted by atomic mass is 17.2. The molecule has 0 saturated carbocycles. The largest absolute Gasteiger partial charge is 0.478 e. The molecule has 0 aromatic carbocycles. The van der Waals surface area contributed by atoms with Crippen LogP contribution in [0.1, 0.15) is 6.92 Å². The predicted molar refractivity (Wildman–Crippen MR) is 41.4 cm³/mol. The summed E-state index contributed by atoms with van der Waals surface area (Å²) >= 11 is 0. The molecule has 1 fully saturated rings. The van der Waals surface area contributed by atoms with E-state index in [0.29, 0.717) is 0 Å². The Morgan fingerprint density at radius 3 is 2.36 bits per heavy atom. The van der Waals surface area contributed by atoms with Crippen molar-refractivity contribution in [2.24, 2.45) is 0 Å². The maximum atomic E-state index is 9.60. The van der Waals surface area contributed by atoms with Gasteiger partial charge in [0.05, 0.1) is 6.61 Å². The quantitative estimate of drug-likeness (QED) is 0.340. The van der Waals surface area contributed by atoms with Gasteiger partial charge >= 0.3 is 13.5 Å². The van der Waals surface area contributed by atoms with E-state index in [1.807, 2.05) is 0 Å². The van der Waals surface area contributed by atoms with Gasteiger partial charge in [0.25, 0.3) is 0 Å². The minimum atomic E-state index is -0.935. The maximum absolute atomic E-state index is 9.60. The van der Waals surface area contributed by atoms with Crippen LogP contribution in [0, 0.1) is 0 Å². The molecule has 1 rings (SSSR count). The molecule has 62 valence electrons. The molecule has 1 aliphatic rings.